The minimum absolute atomic E-state index is 0.306. The van der Waals surface area contributed by atoms with Crippen molar-refractivity contribution < 1.29 is 4.79 Å². The van der Waals surface area contributed by atoms with Gasteiger partial charge in [-0.05, 0) is 37.0 Å². The molecule has 1 aliphatic heterocycles. The first kappa shape index (κ1) is 20.9. The zero-order valence-electron chi connectivity index (χ0n) is 17.8. The second kappa shape index (κ2) is 8.38. The number of hydrogen-bond acceptors (Lipinski definition) is 6. The van der Waals surface area contributed by atoms with Gasteiger partial charge in [-0.1, -0.05) is 25.5 Å². The maximum Gasteiger partial charge on any atom is 0.332 e. The number of aromatic nitrogens is 4. The van der Waals surface area contributed by atoms with Gasteiger partial charge in [-0.25, -0.2) is 15.2 Å². The van der Waals surface area contributed by atoms with Gasteiger partial charge < -0.3 is 9.47 Å². The third-order valence-electron chi connectivity index (χ3n) is 5.75. The standard InChI is InChI=1S/C21H27N7O3/c1-3-4-6-14-7-9-15(10-8-14)26-11-5-12-27-17-18(23-20(26)27)25(2)21(31)28(19(17)30)13-16(29)24-22/h7-10H,3-6,11-13,22H2,1-2H3,(H,24,29). The van der Waals surface area contributed by atoms with Gasteiger partial charge in [0.15, 0.2) is 11.2 Å². The molecule has 0 bridgehead atoms. The van der Waals surface area contributed by atoms with Gasteiger partial charge >= 0.3 is 5.69 Å². The first-order valence-electron chi connectivity index (χ1n) is 10.5. The molecule has 1 aliphatic rings. The topological polar surface area (TPSA) is 120 Å². The maximum absolute atomic E-state index is 13.1. The van der Waals surface area contributed by atoms with E-state index >= 15 is 0 Å². The molecule has 0 saturated heterocycles. The fourth-order valence-corrected chi connectivity index (χ4v) is 4.06. The van der Waals surface area contributed by atoms with Gasteiger partial charge in [0.25, 0.3) is 11.5 Å². The molecule has 31 heavy (non-hydrogen) atoms. The van der Waals surface area contributed by atoms with Gasteiger partial charge in [-0.2, -0.15) is 4.98 Å². The summed E-state index contributed by atoms with van der Waals surface area (Å²) in [5.41, 5.74) is 3.71. The number of nitrogens with two attached hydrogens (primary N) is 1. The quantitative estimate of drug-likeness (QED) is 0.342. The summed E-state index contributed by atoms with van der Waals surface area (Å²) in [7, 11) is 1.55. The van der Waals surface area contributed by atoms with E-state index in [0.717, 1.165) is 42.5 Å². The summed E-state index contributed by atoms with van der Waals surface area (Å²) < 4.78 is 4.03. The lowest BCUT2D eigenvalue weighted by Crippen LogP contribution is -2.45. The number of hydrazine groups is 1. The normalized spacial score (nSPS) is 13.5. The second-order valence-electron chi connectivity index (χ2n) is 7.81. The number of aryl methyl sites for hydroxylation is 3. The van der Waals surface area contributed by atoms with Crippen molar-refractivity contribution in [3.63, 3.8) is 0 Å². The van der Waals surface area contributed by atoms with Gasteiger partial charge in [0, 0.05) is 25.8 Å². The van der Waals surface area contributed by atoms with Gasteiger partial charge in [0.05, 0.1) is 0 Å². The van der Waals surface area contributed by atoms with Crippen LogP contribution in [0.1, 0.15) is 31.7 Å². The van der Waals surface area contributed by atoms with Crippen LogP contribution in [0, 0.1) is 0 Å². The highest BCUT2D eigenvalue weighted by Crippen LogP contribution is 2.31. The fraction of sp³-hybridized carbons (Fsp3) is 0.429. The van der Waals surface area contributed by atoms with E-state index in [9.17, 15) is 14.4 Å². The van der Waals surface area contributed by atoms with Crippen molar-refractivity contribution in [2.24, 2.45) is 12.9 Å². The Kier molecular flexibility index (Phi) is 5.64. The van der Waals surface area contributed by atoms with Crippen LogP contribution in [0.3, 0.4) is 0 Å². The zero-order chi connectivity index (χ0) is 22.1. The van der Waals surface area contributed by atoms with Crippen LogP contribution in [0.4, 0.5) is 11.6 Å². The Morgan fingerprint density at radius 1 is 1.19 bits per heavy atom. The molecule has 0 atom stereocenters. The lowest BCUT2D eigenvalue weighted by atomic mass is 10.1. The van der Waals surface area contributed by atoms with E-state index in [1.54, 1.807) is 7.05 Å². The van der Waals surface area contributed by atoms with Crippen molar-refractivity contribution >= 4 is 28.7 Å². The number of carbonyl (C=O) groups excluding carboxylic acids is 1. The first-order chi connectivity index (χ1) is 15.0. The number of benzene rings is 1. The van der Waals surface area contributed by atoms with Crippen LogP contribution < -0.4 is 27.4 Å². The summed E-state index contributed by atoms with van der Waals surface area (Å²) in [4.78, 5) is 44.2. The minimum Gasteiger partial charge on any atom is -0.312 e. The van der Waals surface area contributed by atoms with Gasteiger partial charge in [0.1, 0.15) is 6.54 Å². The number of rotatable bonds is 6. The Morgan fingerprint density at radius 3 is 2.61 bits per heavy atom. The number of carbonyl (C=O) groups is 1. The van der Waals surface area contributed by atoms with Gasteiger partial charge in [0.2, 0.25) is 5.95 Å². The Hall–Kier alpha value is -3.40. The Morgan fingerprint density at radius 2 is 1.94 bits per heavy atom. The Balaban J connectivity index is 1.81. The molecule has 4 rings (SSSR count). The van der Waals surface area contributed by atoms with Crippen LogP contribution in [-0.4, -0.2) is 31.1 Å². The third kappa shape index (κ3) is 3.63. The predicted octanol–water partition coefficient (Wildman–Crippen LogP) is 0.771. The van der Waals surface area contributed by atoms with Crippen molar-refractivity contribution in [2.75, 3.05) is 11.4 Å². The molecule has 164 valence electrons. The van der Waals surface area contributed by atoms with Crippen molar-refractivity contribution in [1.29, 1.82) is 0 Å². The highest BCUT2D eigenvalue weighted by Gasteiger charge is 2.27. The van der Waals surface area contributed by atoms with E-state index in [1.807, 2.05) is 9.99 Å². The fourth-order valence-electron chi connectivity index (χ4n) is 4.06. The number of nitrogens with zero attached hydrogens (tertiary/aromatic N) is 5. The molecule has 0 saturated carbocycles. The summed E-state index contributed by atoms with van der Waals surface area (Å²) in [6.07, 6.45) is 4.18. The second-order valence-corrected chi connectivity index (χ2v) is 7.81. The average molecular weight is 425 g/mol. The smallest absolute Gasteiger partial charge is 0.312 e. The maximum atomic E-state index is 13.1. The van der Waals surface area contributed by atoms with E-state index in [2.05, 4.69) is 41.1 Å². The Bertz CT molecular complexity index is 1240. The minimum atomic E-state index is -0.623. The summed E-state index contributed by atoms with van der Waals surface area (Å²) in [6.45, 7) is 3.10. The molecule has 1 aromatic carbocycles. The van der Waals surface area contributed by atoms with Crippen LogP contribution in [-0.2, 0) is 31.4 Å². The molecule has 3 heterocycles. The summed E-state index contributed by atoms with van der Waals surface area (Å²) in [5.74, 6) is 5.13. The molecule has 0 aliphatic carbocycles. The summed E-state index contributed by atoms with van der Waals surface area (Å²) in [6, 6.07) is 8.40. The monoisotopic (exact) mass is 425 g/mol. The average Bonchev–Trinajstić information content (AvgIpc) is 3.19. The van der Waals surface area contributed by atoms with E-state index < -0.39 is 23.7 Å². The van der Waals surface area contributed by atoms with E-state index in [4.69, 9.17) is 5.84 Å². The molecule has 10 heteroatoms. The van der Waals surface area contributed by atoms with Crippen LogP contribution in [0.25, 0.3) is 11.2 Å². The number of anilines is 2. The highest BCUT2D eigenvalue weighted by atomic mass is 16.2. The molecule has 3 N–H and O–H groups in total. The molecule has 2 aromatic heterocycles. The third-order valence-corrected chi connectivity index (χ3v) is 5.75. The molecule has 0 radical (unpaired) electrons. The van der Waals surface area contributed by atoms with Crippen LogP contribution in [0.15, 0.2) is 33.9 Å². The number of unbranched alkanes of at least 4 members (excludes halogenated alkanes) is 1. The van der Waals surface area contributed by atoms with E-state index in [1.165, 1.54) is 10.1 Å². The molecule has 10 nitrogen and oxygen atoms in total. The first-order valence-corrected chi connectivity index (χ1v) is 10.5. The van der Waals surface area contributed by atoms with Gasteiger partial charge in [-0.3, -0.25) is 19.6 Å². The van der Waals surface area contributed by atoms with E-state index in [0.29, 0.717) is 23.7 Å². The highest BCUT2D eigenvalue weighted by molar-refractivity contribution is 5.78. The van der Waals surface area contributed by atoms with Crippen molar-refractivity contribution in [3.05, 3.63) is 50.7 Å². The number of nitrogens with one attached hydrogen (secondary N) is 1. The lowest BCUT2D eigenvalue weighted by molar-refractivity contribution is -0.121. The zero-order valence-corrected chi connectivity index (χ0v) is 17.8. The summed E-state index contributed by atoms with van der Waals surface area (Å²) >= 11 is 0. The molecule has 0 fully saturated rings. The summed E-state index contributed by atoms with van der Waals surface area (Å²) in [5, 5.41) is 0. The van der Waals surface area contributed by atoms with Crippen molar-refractivity contribution in [3.8, 4) is 0 Å². The molecular weight excluding hydrogens is 398 g/mol. The number of amides is 1. The van der Waals surface area contributed by atoms with Crippen LogP contribution in [0.2, 0.25) is 0 Å². The number of imidazole rings is 1. The SMILES string of the molecule is CCCCc1ccc(N2CCCn3c2nc2c3c(=O)n(CC(=O)NN)c(=O)n2C)cc1. The molecule has 0 spiro atoms. The predicted molar refractivity (Wildman–Crippen MR) is 118 cm³/mol. The lowest BCUT2D eigenvalue weighted by Gasteiger charge is -2.29. The molecule has 3 aromatic rings. The molecule has 1 amide bonds. The largest absolute Gasteiger partial charge is 0.332 e. The molecule has 0 unspecified atom stereocenters. The van der Waals surface area contributed by atoms with Gasteiger partial charge in [-0.15, -0.1) is 0 Å². The van der Waals surface area contributed by atoms with Crippen molar-refractivity contribution in [2.45, 2.75) is 45.7 Å². The Labute approximate surface area is 178 Å². The number of hydrogen-bond donors (Lipinski definition) is 2. The van der Waals surface area contributed by atoms with E-state index in [-0.39, 0.29) is 0 Å². The van der Waals surface area contributed by atoms with Crippen LogP contribution >= 0.6 is 0 Å². The van der Waals surface area contributed by atoms with Crippen LogP contribution in [0.5, 0.6) is 0 Å². The number of fused-ring (bicyclic) bond motifs is 3. The van der Waals surface area contributed by atoms with Crippen molar-refractivity contribution in [1.82, 2.24) is 24.1 Å². The molecular formula is C21H27N7O3.